The Morgan fingerprint density at radius 1 is 1.48 bits per heavy atom. The van der Waals surface area contributed by atoms with Crippen LogP contribution in [-0.2, 0) is 0 Å². The third-order valence-electron chi connectivity index (χ3n) is 3.81. The fourth-order valence-electron chi connectivity index (χ4n) is 2.76. The topological polar surface area (TPSA) is 87.7 Å². The highest BCUT2D eigenvalue weighted by molar-refractivity contribution is 9.10. The van der Waals surface area contributed by atoms with Gasteiger partial charge in [-0.3, -0.25) is 5.10 Å². The summed E-state index contributed by atoms with van der Waals surface area (Å²) in [5.41, 5.74) is 7.84. The first kappa shape index (κ1) is 15.6. The van der Waals surface area contributed by atoms with Crippen molar-refractivity contribution in [1.29, 1.82) is 5.26 Å². The monoisotopic (exact) mass is 376 g/mol. The fraction of sp³-hybridized carbons (Fsp3) is 0.250. The van der Waals surface area contributed by atoms with E-state index in [4.69, 9.17) is 10.5 Å². The predicted octanol–water partition coefficient (Wildman–Crippen LogP) is 3.65. The molecule has 1 aromatic heterocycles. The van der Waals surface area contributed by atoms with Gasteiger partial charge in [0.25, 0.3) is 0 Å². The predicted molar refractivity (Wildman–Crippen MR) is 86.1 cm³/mol. The van der Waals surface area contributed by atoms with Crippen LogP contribution in [0.1, 0.15) is 42.5 Å². The number of nitriles is 1. The normalized spacial score (nSPS) is 17.0. The van der Waals surface area contributed by atoms with Crippen LogP contribution in [0.3, 0.4) is 0 Å². The summed E-state index contributed by atoms with van der Waals surface area (Å²) in [6.07, 6.45) is 0. The molecule has 0 saturated heterocycles. The fourth-order valence-corrected chi connectivity index (χ4v) is 3.13. The van der Waals surface area contributed by atoms with Crippen LogP contribution in [0, 0.1) is 17.1 Å². The van der Waals surface area contributed by atoms with E-state index in [2.05, 4.69) is 32.2 Å². The lowest BCUT2D eigenvalue weighted by Crippen LogP contribution is -2.22. The van der Waals surface area contributed by atoms with E-state index in [0.717, 1.165) is 5.69 Å². The lowest BCUT2D eigenvalue weighted by Gasteiger charge is -2.25. The zero-order valence-electron chi connectivity index (χ0n) is 12.5. The molecule has 0 bridgehead atoms. The molecule has 5 nitrogen and oxygen atoms in total. The van der Waals surface area contributed by atoms with Crippen LogP contribution in [0.15, 0.2) is 34.1 Å². The summed E-state index contributed by atoms with van der Waals surface area (Å²) in [5, 5.41) is 16.5. The number of aromatic nitrogens is 2. The number of halogens is 2. The van der Waals surface area contributed by atoms with Crippen LogP contribution in [0.25, 0.3) is 0 Å². The Balaban J connectivity index is 2.31. The minimum Gasteiger partial charge on any atom is -0.420 e. The van der Waals surface area contributed by atoms with E-state index in [1.165, 1.54) is 6.07 Å². The molecule has 23 heavy (non-hydrogen) atoms. The molecule has 7 heteroatoms. The summed E-state index contributed by atoms with van der Waals surface area (Å²) < 4.78 is 20.6. The van der Waals surface area contributed by atoms with Gasteiger partial charge in [0.2, 0.25) is 11.8 Å². The van der Waals surface area contributed by atoms with E-state index in [-0.39, 0.29) is 23.3 Å². The summed E-state index contributed by atoms with van der Waals surface area (Å²) >= 11 is 3.35. The molecule has 0 saturated carbocycles. The van der Waals surface area contributed by atoms with E-state index in [9.17, 15) is 9.65 Å². The van der Waals surface area contributed by atoms with Crippen molar-refractivity contribution in [3.05, 3.63) is 56.8 Å². The summed E-state index contributed by atoms with van der Waals surface area (Å²) in [7, 11) is 0. The maximum absolute atomic E-state index is 14.5. The van der Waals surface area contributed by atoms with Crippen LogP contribution in [-0.4, -0.2) is 10.2 Å². The number of hydrogen-bond acceptors (Lipinski definition) is 4. The van der Waals surface area contributed by atoms with Gasteiger partial charge in [-0.05, 0) is 24.1 Å². The van der Waals surface area contributed by atoms with Crippen molar-refractivity contribution in [2.24, 2.45) is 5.73 Å². The Kier molecular flexibility index (Phi) is 3.86. The van der Waals surface area contributed by atoms with Crippen molar-refractivity contribution < 1.29 is 9.13 Å². The lowest BCUT2D eigenvalue weighted by atomic mass is 9.82. The number of rotatable bonds is 2. The van der Waals surface area contributed by atoms with E-state index >= 15 is 0 Å². The van der Waals surface area contributed by atoms with Crippen molar-refractivity contribution in [3.8, 4) is 11.9 Å². The largest absolute Gasteiger partial charge is 0.420 e. The van der Waals surface area contributed by atoms with Crippen LogP contribution in [0.2, 0.25) is 0 Å². The Morgan fingerprint density at radius 3 is 2.87 bits per heavy atom. The zero-order chi connectivity index (χ0) is 16.7. The van der Waals surface area contributed by atoms with Gasteiger partial charge in [-0.1, -0.05) is 29.8 Å². The molecule has 1 aliphatic heterocycles. The molecule has 1 aliphatic rings. The first-order chi connectivity index (χ1) is 10.9. The molecule has 0 fully saturated rings. The molecule has 3 N–H and O–H groups in total. The molecule has 118 valence electrons. The van der Waals surface area contributed by atoms with Gasteiger partial charge in [0, 0.05) is 15.7 Å². The van der Waals surface area contributed by atoms with Gasteiger partial charge in [-0.2, -0.15) is 5.26 Å². The van der Waals surface area contributed by atoms with Gasteiger partial charge in [-0.15, -0.1) is 5.10 Å². The van der Waals surface area contributed by atoms with Crippen molar-refractivity contribution in [2.45, 2.75) is 25.7 Å². The maximum Gasteiger partial charge on any atom is 0.244 e. The third-order valence-corrected chi connectivity index (χ3v) is 4.31. The highest BCUT2D eigenvalue weighted by Crippen LogP contribution is 2.45. The second-order valence-electron chi connectivity index (χ2n) is 5.60. The van der Waals surface area contributed by atoms with Crippen LogP contribution >= 0.6 is 15.9 Å². The van der Waals surface area contributed by atoms with E-state index in [0.29, 0.717) is 15.6 Å². The highest BCUT2D eigenvalue weighted by atomic mass is 79.9. The number of nitrogens with one attached hydrogen (secondary N) is 1. The van der Waals surface area contributed by atoms with Gasteiger partial charge in [-0.25, -0.2) is 4.39 Å². The Bertz CT molecular complexity index is 850. The number of nitrogens with two attached hydrogens (primary N) is 1. The molecule has 0 spiro atoms. The summed E-state index contributed by atoms with van der Waals surface area (Å²) in [6, 6.07) is 6.67. The zero-order valence-corrected chi connectivity index (χ0v) is 14.1. The molecular formula is C16H14BrFN4O. The third kappa shape index (κ3) is 2.49. The van der Waals surface area contributed by atoms with E-state index < -0.39 is 11.7 Å². The first-order valence-electron chi connectivity index (χ1n) is 7.04. The molecule has 2 aromatic rings. The lowest BCUT2D eigenvalue weighted by molar-refractivity contribution is 0.377. The minimum atomic E-state index is -0.655. The van der Waals surface area contributed by atoms with Crippen LogP contribution in [0.5, 0.6) is 5.88 Å². The second kappa shape index (κ2) is 5.70. The van der Waals surface area contributed by atoms with Gasteiger partial charge in [0.15, 0.2) is 0 Å². The van der Waals surface area contributed by atoms with Crippen molar-refractivity contribution in [3.63, 3.8) is 0 Å². The molecule has 1 atom stereocenters. The molecule has 0 aliphatic carbocycles. The number of H-pyrrole nitrogens is 1. The number of ether oxygens (including phenoxy) is 1. The molecule has 0 unspecified atom stereocenters. The maximum atomic E-state index is 14.5. The molecule has 0 radical (unpaired) electrons. The van der Waals surface area contributed by atoms with Gasteiger partial charge in [0.1, 0.15) is 17.5 Å². The Labute approximate surface area is 141 Å². The summed E-state index contributed by atoms with van der Waals surface area (Å²) in [4.78, 5) is 0. The smallest absolute Gasteiger partial charge is 0.244 e. The van der Waals surface area contributed by atoms with Crippen molar-refractivity contribution >= 4 is 15.9 Å². The van der Waals surface area contributed by atoms with Gasteiger partial charge < -0.3 is 10.5 Å². The average Bonchev–Trinajstić information content (AvgIpc) is 2.92. The molecular weight excluding hydrogens is 363 g/mol. The number of hydrogen-bond donors (Lipinski definition) is 2. The number of fused-ring (bicyclic) bond motifs is 1. The average molecular weight is 377 g/mol. The van der Waals surface area contributed by atoms with Crippen molar-refractivity contribution in [1.82, 2.24) is 10.2 Å². The molecule has 2 heterocycles. The van der Waals surface area contributed by atoms with Crippen LogP contribution < -0.4 is 10.5 Å². The Morgan fingerprint density at radius 2 is 2.22 bits per heavy atom. The number of nitrogens with zero attached hydrogens (tertiary/aromatic N) is 2. The quantitative estimate of drug-likeness (QED) is 0.836. The van der Waals surface area contributed by atoms with Gasteiger partial charge >= 0.3 is 0 Å². The second-order valence-corrected chi connectivity index (χ2v) is 6.52. The summed E-state index contributed by atoms with van der Waals surface area (Å²) in [6.45, 7) is 3.96. The van der Waals surface area contributed by atoms with E-state index in [1.54, 1.807) is 12.1 Å². The first-order valence-corrected chi connectivity index (χ1v) is 7.84. The number of benzene rings is 1. The van der Waals surface area contributed by atoms with Crippen molar-refractivity contribution in [2.75, 3.05) is 0 Å². The van der Waals surface area contributed by atoms with Gasteiger partial charge in [0.05, 0.1) is 11.5 Å². The number of allylic oxidation sites excluding steroid dienone is 1. The molecule has 0 amide bonds. The summed E-state index contributed by atoms with van der Waals surface area (Å²) in [5.74, 6) is -0.729. The minimum absolute atomic E-state index is 0.0498. The molecule has 3 rings (SSSR count). The van der Waals surface area contributed by atoms with E-state index in [1.807, 2.05) is 13.8 Å². The Hall–Kier alpha value is -2.33. The number of aromatic amines is 1. The standard InChI is InChI=1S/C16H14BrFN4O/c1-7(2)14-13-12(9-5-8(17)3-4-11(9)18)10(6-19)15(20)23-16(13)22-21-14/h3-5,7,12H,20H2,1-2H3,(H,21,22)/t12-/m1/s1. The van der Waals surface area contributed by atoms with Crippen LogP contribution in [0.4, 0.5) is 4.39 Å². The molecule has 1 aromatic carbocycles. The SMILES string of the molecule is CC(C)c1[nH]nc2c1[C@H](c1cc(Br)ccc1F)C(C#N)=C(N)O2. The highest BCUT2D eigenvalue weighted by Gasteiger charge is 2.37.